The molecule has 0 unspecified atom stereocenters. The van der Waals surface area contributed by atoms with Crippen molar-refractivity contribution in [2.75, 3.05) is 0 Å². The van der Waals surface area contributed by atoms with Crippen molar-refractivity contribution in [3.05, 3.63) is 30.1 Å². The molecule has 15 heavy (non-hydrogen) atoms. The number of H-pyrrole nitrogens is 1. The van der Waals surface area contributed by atoms with Gasteiger partial charge in [0.1, 0.15) is 0 Å². The Morgan fingerprint density at radius 2 is 1.87 bits per heavy atom. The Morgan fingerprint density at radius 3 is 2.47 bits per heavy atom. The number of aryl methyl sites for hydroxylation is 1. The second-order valence-corrected chi connectivity index (χ2v) is 3.13. The Morgan fingerprint density at radius 1 is 1.27 bits per heavy atom. The number of nitrogens with zero attached hydrogens (tertiary/aromatic N) is 1. The highest BCUT2D eigenvalue weighted by molar-refractivity contribution is 5.74. The van der Waals surface area contributed by atoms with Gasteiger partial charge in [-0.2, -0.15) is 0 Å². The van der Waals surface area contributed by atoms with Crippen LogP contribution in [0.4, 0.5) is 0 Å². The summed E-state index contributed by atoms with van der Waals surface area (Å²) >= 11 is 0. The maximum absolute atomic E-state index is 4.21. The van der Waals surface area contributed by atoms with E-state index >= 15 is 0 Å². The highest BCUT2D eigenvalue weighted by atomic mass is 14.7. The van der Waals surface area contributed by atoms with Gasteiger partial charge in [-0.1, -0.05) is 34.1 Å². The lowest BCUT2D eigenvalue weighted by Gasteiger charge is -1.89. The van der Waals surface area contributed by atoms with Crippen molar-refractivity contribution >= 4 is 11.0 Å². The maximum atomic E-state index is 4.21. The average molecular weight is 206 g/mol. The lowest BCUT2D eigenvalue weighted by atomic mass is 10.3. The van der Waals surface area contributed by atoms with Gasteiger partial charge in [-0.3, -0.25) is 4.98 Å². The number of nitrogens with one attached hydrogen (secondary N) is 1. The molecule has 84 valence electrons. The second kappa shape index (κ2) is 8.04. The molecule has 0 aromatic carbocycles. The van der Waals surface area contributed by atoms with Gasteiger partial charge < -0.3 is 4.98 Å². The highest BCUT2D eigenvalue weighted by Gasteiger charge is 1.92. The quantitative estimate of drug-likeness (QED) is 0.683. The van der Waals surface area contributed by atoms with Gasteiger partial charge in [0.25, 0.3) is 0 Å². The van der Waals surface area contributed by atoms with Crippen molar-refractivity contribution in [3.63, 3.8) is 0 Å². The van der Waals surface area contributed by atoms with Crippen molar-refractivity contribution in [3.8, 4) is 0 Å². The molecule has 0 amide bonds. The maximum Gasteiger partial charge on any atom is 0.0878 e. The largest absolute Gasteiger partial charge is 0.360 e. The van der Waals surface area contributed by atoms with E-state index in [-0.39, 0.29) is 0 Å². The summed E-state index contributed by atoms with van der Waals surface area (Å²) in [6.45, 7) is 10.3. The number of fused-ring (bicyclic) bond motifs is 1. The van der Waals surface area contributed by atoms with E-state index in [0.717, 1.165) is 11.0 Å². The van der Waals surface area contributed by atoms with Gasteiger partial charge in [0.15, 0.2) is 0 Å². The number of rotatable bonds is 0. The Kier molecular flexibility index (Phi) is 7.33. The number of aromatic amines is 1. The predicted octanol–water partition coefficient (Wildman–Crippen LogP) is 4.31. The normalized spacial score (nSPS) is 8.60. The molecule has 0 aliphatic rings. The van der Waals surface area contributed by atoms with Crippen LogP contribution in [0.2, 0.25) is 0 Å². The zero-order valence-corrected chi connectivity index (χ0v) is 10.5. The number of hydrogen-bond acceptors (Lipinski definition) is 1. The van der Waals surface area contributed by atoms with Crippen molar-refractivity contribution in [2.45, 2.75) is 41.0 Å². The first kappa shape index (κ1) is 13.7. The van der Waals surface area contributed by atoms with E-state index in [9.17, 15) is 0 Å². The third-order valence-electron chi connectivity index (χ3n) is 1.54. The van der Waals surface area contributed by atoms with Crippen LogP contribution in [0, 0.1) is 6.92 Å². The first-order chi connectivity index (χ1) is 7.27. The SMILES string of the molecule is CC.CCC.Cc1cnc2cc[nH]c2c1. The van der Waals surface area contributed by atoms with Crippen molar-refractivity contribution in [1.29, 1.82) is 0 Å². The molecule has 2 nitrogen and oxygen atoms in total. The predicted molar refractivity (Wildman–Crippen MR) is 68.1 cm³/mol. The first-order valence-corrected chi connectivity index (χ1v) is 5.67. The van der Waals surface area contributed by atoms with Crippen molar-refractivity contribution < 1.29 is 0 Å². The van der Waals surface area contributed by atoms with E-state index in [1.54, 1.807) is 0 Å². The zero-order chi connectivity index (χ0) is 11.7. The molecule has 2 aromatic rings. The molecule has 0 radical (unpaired) electrons. The fourth-order valence-electron chi connectivity index (χ4n) is 1.04. The van der Waals surface area contributed by atoms with Crippen molar-refractivity contribution in [1.82, 2.24) is 9.97 Å². The van der Waals surface area contributed by atoms with Crippen LogP contribution >= 0.6 is 0 Å². The molecule has 0 spiro atoms. The van der Waals surface area contributed by atoms with Crippen LogP contribution in [0.5, 0.6) is 0 Å². The minimum atomic E-state index is 1.03. The first-order valence-electron chi connectivity index (χ1n) is 5.67. The zero-order valence-electron chi connectivity index (χ0n) is 10.5. The second-order valence-electron chi connectivity index (χ2n) is 3.13. The Labute approximate surface area is 92.7 Å². The van der Waals surface area contributed by atoms with Gasteiger partial charge in [0, 0.05) is 12.4 Å². The fourth-order valence-corrected chi connectivity index (χ4v) is 1.04. The molecule has 2 heterocycles. The van der Waals surface area contributed by atoms with Gasteiger partial charge in [-0.25, -0.2) is 0 Å². The van der Waals surface area contributed by atoms with Crippen LogP contribution in [0.25, 0.3) is 11.0 Å². The molecule has 0 saturated heterocycles. The van der Waals surface area contributed by atoms with E-state index in [4.69, 9.17) is 0 Å². The number of hydrogen-bond donors (Lipinski definition) is 1. The van der Waals surface area contributed by atoms with Crippen LogP contribution in [0.3, 0.4) is 0 Å². The van der Waals surface area contributed by atoms with Gasteiger partial charge >= 0.3 is 0 Å². The Bertz CT molecular complexity index is 363. The molecule has 0 saturated carbocycles. The molecular weight excluding hydrogens is 184 g/mol. The third-order valence-corrected chi connectivity index (χ3v) is 1.54. The molecule has 2 heteroatoms. The minimum absolute atomic E-state index is 1.03. The summed E-state index contributed by atoms with van der Waals surface area (Å²) in [5.74, 6) is 0. The molecular formula is C13H22N2. The van der Waals surface area contributed by atoms with E-state index in [1.807, 2.05) is 39.2 Å². The summed E-state index contributed by atoms with van der Waals surface area (Å²) in [5.41, 5.74) is 3.33. The molecule has 0 atom stereocenters. The number of aromatic nitrogens is 2. The van der Waals surface area contributed by atoms with Crippen LogP contribution in [0.1, 0.15) is 39.7 Å². The summed E-state index contributed by atoms with van der Waals surface area (Å²) < 4.78 is 0. The lowest BCUT2D eigenvalue weighted by Crippen LogP contribution is -1.76. The summed E-state index contributed by atoms with van der Waals surface area (Å²) in [5, 5.41) is 0. The smallest absolute Gasteiger partial charge is 0.0878 e. The van der Waals surface area contributed by atoms with Crippen LogP contribution < -0.4 is 0 Å². The van der Waals surface area contributed by atoms with Gasteiger partial charge in [-0.15, -0.1) is 0 Å². The monoisotopic (exact) mass is 206 g/mol. The van der Waals surface area contributed by atoms with E-state index < -0.39 is 0 Å². The van der Waals surface area contributed by atoms with Gasteiger partial charge in [-0.05, 0) is 24.6 Å². The summed E-state index contributed by atoms with van der Waals surface area (Å²) in [6.07, 6.45) is 5.02. The molecule has 1 N–H and O–H groups in total. The molecule has 0 aliphatic carbocycles. The molecule has 0 fully saturated rings. The standard InChI is InChI=1S/C8H8N2.C3H8.C2H6/c1-6-4-8-7(10-5-6)2-3-9-8;1-3-2;1-2/h2-5,9H,1H3;3H2,1-2H3;1-2H3. The van der Waals surface area contributed by atoms with Gasteiger partial charge in [0.05, 0.1) is 11.0 Å². The lowest BCUT2D eigenvalue weighted by molar-refractivity contribution is 1.09. The molecule has 2 rings (SSSR count). The highest BCUT2D eigenvalue weighted by Crippen LogP contribution is 2.09. The Hall–Kier alpha value is -1.31. The van der Waals surface area contributed by atoms with Crippen LogP contribution in [0.15, 0.2) is 24.5 Å². The molecule has 0 bridgehead atoms. The van der Waals surface area contributed by atoms with Gasteiger partial charge in [0.2, 0.25) is 0 Å². The topological polar surface area (TPSA) is 28.7 Å². The van der Waals surface area contributed by atoms with Crippen LogP contribution in [-0.2, 0) is 0 Å². The average Bonchev–Trinajstić information content (AvgIpc) is 2.69. The van der Waals surface area contributed by atoms with E-state index in [0.29, 0.717) is 0 Å². The third kappa shape index (κ3) is 4.63. The summed E-state index contributed by atoms with van der Waals surface area (Å²) in [6, 6.07) is 4.05. The minimum Gasteiger partial charge on any atom is -0.360 e. The van der Waals surface area contributed by atoms with Crippen LogP contribution in [-0.4, -0.2) is 9.97 Å². The Balaban J connectivity index is 0.000000342. The summed E-state index contributed by atoms with van der Waals surface area (Å²) in [4.78, 5) is 7.31. The van der Waals surface area contributed by atoms with E-state index in [1.165, 1.54) is 12.0 Å². The summed E-state index contributed by atoms with van der Waals surface area (Å²) in [7, 11) is 0. The molecule has 0 aliphatic heterocycles. The number of pyridine rings is 1. The molecule has 2 aromatic heterocycles. The van der Waals surface area contributed by atoms with Crippen molar-refractivity contribution in [2.24, 2.45) is 0 Å². The van der Waals surface area contributed by atoms with E-state index in [2.05, 4.69) is 29.9 Å². The fraction of sp³-hybridized carbons (Fsp3) is 0.462.